The Bertz CT molecular complexity index is 1690. The van der Waals surface area contributed by atoms with Gasteiger partial charge in [0.2, 0.25) is 0 Å². The molecule has 4 nitrogen and oxygen atoms in total. The molecule has 0 unspecified atom stereocenters. The molecule has 4 aromatic rings. The van der Waals surface area contributed by atoms with Crippen LogP contribution in [0, 0.1) is 30.7 Å². The maximum absolute atomic E-state index is 11.9. The van der Waals surface area contributed by atoms with E-state index in [2.05, 4.69) is 95.9 Å². The molecular weight excluding hydrogens is 761 g/mol. The number of allylic oxidation sites excluding steroid dienone is 2. The number of rotatable bonds is 9. The zero-order chi connectivity index (χ0) is 33.9. The van der Waals surface area contributed by atoms with Crippen LogP contribution in [0.5, 0.6) is 0 Å². The van der Waals surface area contributed by atoms with Crippen molar-refractivity contribution in [1.82, 2.24) is 9.97 Å². The summed E-state index contributed by atoms with van der Waals surface area (Å²) >= 11 is 0. The second kappa shape index (κ2) is 15.5. The fraction of sp³-hybridized carbons (Fsp3) is 0.475. The summed E-state index contributed by atoms with van der Waals surface area (Å²) in [5.41, 5.74) is 4.87. The summed E-state index contributed by atoms with van der Waals surface area (Å²) in [6.45, 7) is 27.7. The minimum absolute atomic E-state index is 0. The molecule has 1 N–H and O–H groups in total. The second-order valence-corrected chi connectivity index (χ2v) is 19.9. The van der Waals surface area contributed by atoms with Crippen LogP contribution in [-0.2, 0) is 24.9 Å². The number of aryl methyl sites for hydroxylation is 2. The number of nitrogens with zero attached hydrogens (tertiary/aromatic N) is 2. The van der Waals surface area contributed by atoms with Crippen LogP contribution in [0.1, 0.15) is 97.5 Å². The summed E-state index contributed by atoms with van der Waals surface area (Å²) in [4.78, 5) is 22.1. The fourth-order valence-electron chi connectivity index (χ4n) is 5.37. The number of fused-ring (bicyclic) bond motifs is 3. The van der Waals surface area contributed by atoms with E-state index in [1.54, 1.807) is 0 Å². The molecule has 0 aliphatic carbocycles. The van der Waals surface area contributed by atoms with E-state index in [4.69, 9.17) is 9.97 Å². The van der Waals surface area contributed by atoms with Gasteiger partial charge in [0.1, 0.15) is 11.6 Å². The van der Waals surface area contributed by atoms with E-state index in [1.807, 2.05) is 41.5 Å². The third kappa shape index (κ3) is 8.82. The Morgan fingerprint density at radius 2 is 1.59 bits per heavy atom. The Morgan fingerprint density at radius 1 is 0.957 bits per heavy atom. The van der Waals surface area contributed by atoms with Crippen LogP contribution in [-0.4, -0.2) is 28.9 Å². The number of hydrogen-bond donors (Lipinski definition) is 1. The third-order valence-corrected chi connectivity index (χ3v) is 11.5. The smallest absolute Gasteiger partial charge is 0.164 e. The molecule has 0 amide bonds. The predicted molar refractivity (Wildman–Crippen MR) is 196 cm³/mol. The Morgan fingerprint density at radius 3 is 2.11 bits per heavy atom. The van der Waals surface area contributed by atoms with Crippen LogP contribution in [0.25, 0.3) is 32.9 Å². The van der Waals surface area contributed by atoms with Gasteiger partial charge < -0.3 is 5.11 Å². The molecular formula is C40H55IrN2O2Si-. The number of benzene rings is 3. The average molecular weight is 816 g/mol. The number of carbonyl (C=O) groups excluding carboxylic acids is 1. The molecule has 0 aliphatic heterocycles. The molecule has 6 heteroatoms. The van der Waals surface area contributed by atoms with Gasteiger partial charge in [-0.15, -0.1) is 34.9 Å². The van der Waals surface area contributed by atoms with E-state index in [0.29, 0.717) is 0 Å². The zero-order valence-corrected chi connectivity index (χ0v) is 33.8. The van der Waals surface area contributed by atoms with E-state index < -0.39 is 8.07 Å². The van der Waals surface area contributed by atoms with Gasteiger partial charge in [-0.2, -0.15) is 0 Å². The van der Waals surface area contributed by atoms with Gasteiger partial charge in [0, 0.05) is 48.3 Å². The van der Waals surface area contributed by atoms with Crippen molar-refractivity contribution in [2.75, 3.05) is 0 Å². The molecule has 3 aromatic carbocycles. The molecule has 0 atom stereocenters. The van der Waals surface area contributed by atoms with Crippen LogP contribution < -0.4 is 5.19 Å². The number of aliphatic hydroxyl groups excluding tert-OH is 1. The van der Waals surface area contributed by atoms with Gasteiger partial charge in [-0.1, -0.05) is 124 Å². The summed E-state index contributed by atoms with van der Waals surface area (Å²) in [6, 6.07) is 19.0. The standard InChI is InChI=1S/C26H29N2Si.C14H26O2.Ir/c1-16(2)26-27-24(20-14-17(3)13-18(4)15-20)21-12-11-19-9-8-10-22(29(5,6)7)23(19)25(21)28-26;1-7-13(4,5)11(15)10-12(16)14(6,8-2)9-3;/h8-14,16H,1-7H3;10,16H,7-9H2,1-6H3;/q-1;;/b;12-10-;. The fourth-order valence-corrected chi connectivity index (χ4v) is 6.98. The Balaban J connectivity index is 0.000000373. The van der Waals surface area contributed by atoms with Crippen molar-refractivity contribution >= 4 is 40.7 Å². The van der Waals surface area contributed by atoms with Gasteiger partial charge in [-0.25, -0.2) is 4.98 Å². The average Bonchev–Trinajstić information content (AvgIpc) is 2.98. The van der Waals surface area contributed by atoms with Crippen LogP contribution >= 0.6 is 0 Å². The molecule has 4 rings (SSSR count). The molecule has 1 aromatic heterocycles. The first kappa shape index (κ1) is 39.5. The first-order valence-corrected chi connectivity index (χ1v) is 20.1. The first-order chi connectivity index (χ1) is 20.9. The maximum Gasteiger partial charge on any atom is 0.164 e. The third-order valence-electron chi connectivity index (χ3n) is 9.45. The number of aromatic nitrogens is 2. The monoisotopic (exact) mass is 816 g/mol. The Labute approximate surface area is 292 Å². The van der Waals surface area contributed by atoms with Gasteiger partial charge in [-0.05, 0) is 35.7 Å². The van der Waals surface area contributed by atoms with Gasteiger partial charge in [0.25, 0.3) is 0 Å². The first-order valence-electron chi connectivity index (χ1n) is 16.6. The SMILES string of the molecule is CCC(C)(C)C(=O)/C=C(\O)C(C)(CC)CC.Cc1[c-]c(-c2nc(C(C)C)nc3c2ccc2cccc([Si](C)(C)C)c23)cc(C)c1.[Ir]. The van der Waals surface area contributed by atoms with Crippen molar-refractivity contribution in [1.29, 1.82) is 0 Å². The van der Waals surface area contributed by atoms with Crippen molar-refractivity contribution in [3.63, 3.8) is 0 Å². The van der Waals surface area contributed by atoms with Crippen LogP contribution in [0.2, 0.25) is 19.6 Å². The summed E-state index contributed by atoms with van der Waals surface area (Å²) < 4.78 is 0. The van der Waals surface area contributed by atoms with E-state index in [0.717, 1.165) is 52.8 Å². The zero-order valence-electron chi connectivity index (χ0n) is 30.4. The molecule has 0 bridgehead atoms. The van der Waals surface area contributed by atoms with E-state index in [-0.39, 0.29) is 48.4 Å². The van der Waals surface area contributed by atoms with E-state index in [9.17, 15) is 9.90 Å². The van der Waals surface area contributed by atoms with Crippen LogP contribution in [0.4, 0.5) is 0 Å². The Hall–Kier alpha value is -2.66. The summed E-state index contributed by atoms with van der Waals surface area (Å²) in [5, 5.41) is 15.2. The maximum atomic E-state index is 11.9. The predicted octanol–water partition coefficient (Wildman–Crippen LogP) is 10.8. The summed E-state index contributed by atoms with van der Waals surface area (Å²) in [6.07, 6.45) is 3.89. The van der Waals surface area contributed by atoms with Crippen LogP contribution in [0.3, 0.4) is 0 Å². The van der Waals surface area contributed by atoms with Gasteiger partial charge >= 0.3 is 0 Å². The van der Waals surface area contributed by atoms with Gasteiger partial charge in [0.15, 0.2) is 5.78 Å². The van der Waals surface area contributed by atoms with E-state index in [1.165, 1.54) is 27.6 Å². The molecule has 251 valence electrons. The Kier molecular flexibility index (Phi) is 13.3. The number of carbonyl (C=O) groups is 1. The second-order valence-electron chi connectivity index (χ2n) is 14.9. The largest absolute Gasteiger partial charge is 0.512 e. The normalized spacial score (nSPS) is 12.6. The van der Waals surface area contributed by atoms with Gasteiger partial charge in [0.05, 0.1) is 13.6 Å². The summed E-state index contributed by atoms with van der Waals surface area (Å²) in [7, 11) is -1.54. The minimum Gasteiger partial charge on any atom is -0.512 e. The van der Waals surface area contributed by atoms with Crippen molar-refractivity contribution < 1.29 is 30.0 Å². The van der Waals surface area contributed by atoms with E-state index >= 15 is 0 Å². The molecule has 0 aliphatic rings. The molecule has 46 heavy (non-hydrogen) atoms. The molecule has 0 spiro atoms. The summed E-state index contributed by atoms with van der Waals surface area (Å²) in [5.74, 6) is 1.40. The van der Waals surface area contributed by atoms with Crippen molar-refractivity contribution in [2.24, 2.45) is 10.8 Å². The van der Waals surface area contributed by atoms with Crippen molar-refractivity contribution in [3.8, 4) is 11.3 Å². The van der Waals surface area contributed by atoms with Gasteiger partial charge in [-0.3, -0.25) is 9.78 Å². The topological polar surface area (TPSA) is 63.1 Å². The number of ketones is 1. The van der Waals surface area contributed by atoms with Crippen molar-refractivity contribution in [3.05, 3.63) is 77.3 Å². The van der Waals surface area contributed by atoms with Crippen molar-refractivity contribution in [2.45, 2.75) is 114 Å². The quantitative estimate of drug-likeness (QED) is 0.0601. The molecule has 1 heterocycles. The number of aliphatic hydroxyl groups is 1. The van der Waals surface area contributed by atoms with Crippen LogP contribution in [0.15, 0.2) is 54.3 Å². The molecule has 0 fully saturated rings. The molecule has 0 saturated carbocycles. The molecule has 0 saturated heterocycles. The minimum atomic E-state index is -1.54. The number of hydrogen-bond acceptors (Lipinski definition) is 4. The molecule has 1 radical (unpaired) electrons.